The molecule has 0 saturated heterocycles. The molecule has 3 nitrogen and oxygen atoms in total. The summed E-state index contributed by atoms with van der Waals surface area (Å²) in [5.41, 5.74) is 8.36. The fourth-order valence-electron chi connectivity index (χ4n) is 2.31. The van der Waals surface area contributed by atoms with Gasteiger partial charge in [0.1, 0.15) is 0 Å². The van der Waals surface area contributed by atoms with Crippen molar-refractivity contribution in [1.29, 1.82) is 0 Å². The van der Waals surface area contributed by atoms with Gasteiger partial charge in [-0.3, -0.25) is 0 Å². The van der Waals surface area contributed by atoms with Crippen LogP contribution in [-0.4, -0.2) is 14.7 Å². The Kier molecular flexibility index (Phi) is 5.15. The lowest BCUT2D eigenvalue weighted by Gasteiger charge is -2.13. The molecule has 2 rings (SSSR count). The van der Waals surface area contributed by atoms with Gasteiger partial charge < -0.3 is 5.73 Å². The summed E-state index contributed by atoms with van der Waals surface area (Å²) in [6.07, 6.45) is 4.02. The average molecular weight is 303 g/mol. The van der Waals surface area contributed by atoms with Gasteiger partial charge in [0, 0.05) is 12.3 Å². The molecule has 0 heterocycles. The minimum Gasteiger partial charge on any atom is -0.324 e. The van der Waals surface area contributed by atoms with Gasteiger partial charge >= 0.3 is 0 Å². The van der Waals surface area contributed by atoms with Crippen molar-refractivity contribution >= 4 is 9.84 Å². The van der Waals surface area contributed by atoms with Crippen LogP contribution < -0.4 is 5.73 Å². The van der Waals surface area contributed by atoms with Crippen LogP contribution in [0.2, 0.25) is 0 Å². The Morgan fingerprint density at radius 2 is 1.76 bits per heavy atom. The van der Waals surface area contributed by atoms with Crippen LogP contribution in [0.3, 0.4) is 0 Å². The highest BCUT2D eigenvalue weighted by Crippen LogP contribution is 2.20. The average Bonchev–Trinajstić information content (AvgIpc) is 2.47. The van der Waals surface area contributed by atoms with Gasteiger partial charge in [0.05, 0.1) is 4.90 Å². The number of hydrogen-bond acceptors (Lipinski definition) is 3. The third kappa shape index (κ3) is 4.69. The minimum absolute atomic E-state index is 0.129. The molecule has 0 aliphatic heterocycles. The Morgan fingerprint density at radius 1 is 1.05 bits per heavy atom. The minimum atomic E-state index is -3.18. The van der Waals surface area contributed by atoms with Crippen LogP contribution in [0.1, 0.15) is 30.0 Å². The maximum absolute atomic E-state index is 11.6. The molecular weight excluding hydrogens is 282 g/mol. The van der Waals surface area contributed by atoms with Crippen molar-refractivity contribution < 1.29 is 8.42 Å². The van der Waals surface area contributed by atoms with Crippen molar-refractivity contribution in [2.75, 3.05) is 6.26 Å². The normalized spacial score (nSPS) is 13.0. The van der Waals surface area contributed by atoms with Crippen molar-refractivity contribution in [2.24, 2.45) is 5.73 Å². The van der Waals surface area contributed by atoms with E-state index in [1.165, 1.54) is 11.8 Å². The molecule has 4 heteroatoms. The second-order valence-corrected chi connectivity index (χ2v) is 7.34. The van der Waals surface area contributed by atoms with Gasteiger partial charge in [0.25, 0.3) is 0 Å². The standard InChI is InChI=1S/C17H21NO2S/c1-21(19,20)16-11-6-10-15(13-16)17(18)12-5-9-14-7-3-2-4-8-14/h2-4,6-8,10-11,13,17H,5,9,12,18H2,1H3. The quantitative estimate of drug-likeness (QED) is 0.892. The lowest BCUT2D eigenvalue weighted by atomic mass is 10.00. The van der Waals surface area contributed by atoms with Gasteiger partial charge in [-0.25, -0.2) is 8.42 Å². The van der Waals surface area contributed by atoms with E-state index in [1.54, 1.807) is 18.2 Å². The molecule has 2 N–H and O–H groups in total. The second-order valence-electron chi connectivity index (χ2n) is 5.33. The van der Waals surface area contributed by atoms with Crippen LogP contribution in [-0.2, 0) is 16.3 Å². The summed E-state index contributed by atoms with van der Waals surface area (Å²) in [6.45, 7) is 0. The number of nitrogens with two attached hydrogens (primary N) is 1. The lowest BCUT2D eigenvalue weighted by molar-refractivity contribution is 0.598. The molecule has 0 bridgehead atoms. The van der Waals surface area contributed by atoms with Crippen molar-refractivity contribution in [3.8, 4) is 0 Å². The summed E-state index contributed by atoms with van der Waals surface area (Å²) in [7, 11) is -3.18. The van der Waals surface area contributed by atoms with Gasteiger partial charge in [-0.05, 0) is 42.5 Å². The van der Waals surface area contributed by atoms with Crippen molar-refractivity contribution in [3.63, 3.8) is 0 Å². The van der Waals surface area contributed by atoms with E-state index in [9.17, 15) is 8.42 Å². The van der Waals surface area contributed by atoms with E-state index in [2.05, 4.69) is 12.1 Å². The molecule has 21 heavy (non-hydrogen) atoms. The SMILES string of the molecule is CS(=O)(=O)c1cccc(C(N)CCCc2ccccc2)c1. The van der Waals surface area contributed by atoms with Crippen molar-refractivity contribution in [3.05, 3.63) is 65.7 Å². The first-order valence-electron chi connectivity index (χ1n) is 7.06. The topological polar surface area (TPSA) is 60.2 Å². The molecule has 1 unspecified atom stereocenters. The third-order valence-electron chi connectivity index (χ3n) is 3.54. The number of aryl methyl sites for hydroxylation is 1. The Hall–Kier alpha value is -1.65. The second kappa shape index (κ2) is 6.87. The van der Waals surface area contributed by atoms with E-state index in [0.717, 1.165) is 24.8 Å². The number of sulfone groups is 1. The predicted molar refractivity (Wildman–Crippen MR) is 85.9 cm³/mol. The van der Waals surface area contributed by atoms with E-state index >= 15 is 0 Å². The first-order chi connectivity index (χ1) is 9.97. The summed E-state index contributed by atoms with van der Waals surface area (Å²) in [5.74, 6) is 0. The van der Waals surface area contributed by atoms with Gasteiger partial charge in [-0.2, -0.15) is 0 Å². The van der Waals surface area contributed by atoms with Gasteiger partial charge in [-0.1, -0.05) is 42.5 Å². The van der Waals surface area contributed by atoms with Gasteiger partial charge in [0.15, 0.2) is 9.84 Å². The first kappa shape index (κ1) is 15.7. The summed E-state index contributed by atoms with van der Waals surface area (Å²) < 4.78 is 23.1. The Balaban J connectivity index is 1.96. The molecule has 2 aromatic rings. The van der Waals surface area contributed by atoms with Crippen LogP contribution in [0, 0.1) is 0 Å². The molecule has 0 saturated carbocycles. The zero-order valence-electron chi connectivity index (χ0n) is 12.2. The first-order valence-corrected chi connectivity index (χ1v) is 8.95. The summed E-state index contributed by atoms with van der Waals surface area (Å²) in [5, 5.41) is 0. The van der Waals surface area contributed by atoms with Crippen molar-refractivity contribution in [1.82, 2.24) is 0 Å². The lowest BCUT2D eigenvalue weighted by Crippen LogP contribution is -2.11. The predicted octanol–water partition coefficient (Wildman–Crippen LogP) is 3.11. The molecule has 0 amide bonds. The molecule has 1 atom stereocenters. The molecule has 0 aromatic heterocycles. The highest BCUT2D eigenvalue weighted by atomic mass is 32.2. The van der Waals surface area contributed by atoms with Gasteiger partial charge in [0.2, 0.25) is 0 Å². The smallest absolute Gasteiger partial charge is 0.175 e. The van der Waals surface area contributed by atoms with E-state index in [0.29, 0.717) is 4.90 Å². The largest absolute Gasteiger partial charge is 0.324 e. The third-order valence-corrected chi connectivity index (χ3v) is 4.65. The molecule has 0 radical (unpaired) electrons. The van der Waals surface area contributed by atoms with E-state index in [1.807, 2.05) is 24.3 Å². The fourth-order valence-corrected chi connectivity index (χ4v) is 2.99. The maximum Gasteiger partial charge on any atom is 0.175 e. The van der Waals surface area contributed by atoms with Gasteiger partial charge in [-0.15, -0.1) is 0 Å². The highest BCUT2D eigenvalue weighted by Gasteiger charge is 2.11. The van der Waals surface area contributed by atoms with Crippen LogP contribution in [0.5, 0.6) is 0 Å². The van der Waals surface area contributed by atoms with Crippen LogP contribution in [0.15, 0.2) is 59.5 Å². The number of benzene rings is 2. The molecule has 0 aliphatic rings. The maximum atomic E-state index is 11.6. The zero-order valence-corrected chi connectivity index (χ0v) is 13.0. The monoisotopic (exact) mass is 303 g/mol. The summed E-state index contributed by atoms with van der Waals surface area (Å²) >= 11 is 0. The number of rotatable bonds is 6. The van der Waals surface area contributed by atoms with E-state index < -0.39 is 9.84 Å². The number of hydrogen-bond donors (Lipinski definition) is 1. The van der Waals surface area contributed by atoms with Crippen LogP contribution >= 0.6 is 0 Å². The highest BCUT2D eigenvalue weighted by molar-refractivity contribution is 7.90. The zero-order chi connectivity index (χ0) is 15.3. The van der Waals surface area contributed by atoms with Crippen LogP contribution in [0.25, 0.3) is 0 Å². The Bertz CT molecular complexity index is 681. The molecule has 0 fully saturated rings. The molecular formula is C17H21NO2S. The molecule has 0 spiro atoms. The Labute approximate surface area is 126 Å². The fraction of sp³-hybridized carbons (Fsp3) is 0.294. The van der Waals surface area contributed by atoms with Crippen molar-refractivity contribution in [2.45, 2.75) is 30.2 Å². The molecule has 2 aromatic carbocycles. The van der Waals surface area contributed by atoms with Crippen LogP contribution in [0.4, 0.5) is 0 Å². The summed E-state index contributed by atoms with van der Waals surface area (Å²) in [6, 6.07) is 17.1. The van der Waals surface area contributed by atoms with E-state index in [-0.39, 0.29) is 6.04 Å². The molecule has 112 valence electrons. The summed E-state index contributed by atoms with van der Waals surface area (Å²) in [4.78, 5) is 0.332. The molecule has 0 aliphatic carbocycles. The Morgan fingerprint density at radius 3 is 2.43 bits per heavy atom. The van der Waals surface area contributed by atoms with E-state index in [4.69, 9.17) is 5.73 Å².